The molecule has 126 valence electrons. The molecule has 4 aromatic rings. The number of alkyl halides is 3. The summed E-state index contributed by atoms with van der Waals surface area (Å²) in [5.41, 5.74) is 0.780. The van der Waals surface area contributed by atoms with Crippen LogP contribution in [-0.2, 0) is 12.6 Å². The molecule has 4 nitrogen and oxygen atoms in total. The Morgan fingerprint density at radius 2 is 1.76 bits per heavy atom. The summed E-state index contributed by atoms with van der Waals surface area (Å²) in [4.78, 5) is 0.554. The average Bonchev–Trinajstić information content (AvgIpc) is 3.17. The van der Waals surface area contributed by atoms with Crippen molar-refractivity contribution in [1.82, 2.24) is 19.8 Å². The minimum atomic E-state index is -4.38. The quantitative estimate of drug-likeness (QED) is 0.542. The molecular formula is C17H11F3N4S. The highest BCUT2D eigenvalue weighted by atomic mass is 32.1. The average molecular weight is 360 g/mol. The molecule has 0 fully saturated rings. The molecule has 0 aliphatic heterocycles. The van der Waals surface area contributed by atoms with Crippen molar-refractivity contribution in [3.8, 4) is 10.6 Å². The summed E-state index contributed by atoms with van der Waals surface area (Å²) in [6, 6.07) is 14.9. The largest absolute Gasteiger partial charge is 0.416 e. The maximum absolute atomic E-state index is 12.9. The molecule has 0 aliphatic carbocycles. The Balaban J connectivity index is 1.71. The van der Waals surface area contributed by atoms with Crippen LogP contribution in [0.3, 0.4) is 0 Å². The van der Waals surface area contributed by atoms with E-state index in [4.69, 9.17) is 0 Å². The molecule has 2 aromatic carbocycles. The third kappa shape index (κ3) is 3.12. The number of hydrogen-bond donors (Lipinski definition) is 0. The molecule has 0 atom stereocenters. The zero-order chi connectivity index (χ0) is 17.4. The fraction of sp³-hybridized carbons (Fsp3) is 0.118. The van der Waals surface area contributed by atoms with Crippen molar-refractivity contribution in [1.29, 1.82) is 0 Å². The Hall–Kier alpha value is -2.74. The maximum atomic E-state index is 12.9. The van der Waals surface area contributed by atoms with Crippen LogP contribution in [-0.4, -0.2) is 19.8 Å². The number of nitrogens with zero attached hydrogens (tertiary/aromatic N) is 4. The lowest BCUT2D eigenvalue weighted by Crippen LogP contribution is -2.04. The van der Waals surface area contributed by atoms with Crippen molar-refractivity contribution in [2.75, 3.05) is 0 Å². The van der Waals surface area contributed by atoms with E-state index in [2.05, 4.69) is 15.3 Å². The molecule has 0 unspecified atom stereocenters. The monoisotopic (exact) mass is 360 g/mol. The van der Waals surface area contributed by atoms with E-state index < -0.39 is 11.7 Å². The molecule has 25 heavy (non-hydrogen) atoms. The molecule has 4 rings (SSSR count). The lowest BCUT2D eigenvalue weighted by molar-refractivity contribution is -0.137. The van der Waals surface area contributed by atoms with Crippen molar-refractivity contribution in [2.45, 2.75) is 12.6 Å². The van der Waals surface area contributed by atoms with Crippen LogP contribution in [0.5, 0.6) is 0 Å². The second kappa shape index (κ2) is 5.96. The van der Waals surface area contributed by atoms with Crippen molar-refractivity contribution in [2.24, 2.45) is 0 Å². The molecule has 2 aromatic heterocycles. The molecule has 0 amide bonds. The lowest BCUT2D eigenvalue weighted by atomic mass is 10.1. The van der Waals surface area contributed by atoms with Gasteiger partial charge in [-0.25, -0.2) is 0 Å². The molecular weight excluding hydrogens is 349 g/mol. The van der Waals surface area contributed by atoms with E-state index in [1.54, 1.807) is 10.6 Å². The first-order valence-corrected chi connectivity index (χ1v) is 8.25. The van der Waals surface area contributed by atoms with E-state index in [-0.39, 0.29) is 0 Å². The van der Waals surface area contributed by atoms with Gasteiger partial charge in [-0.05, 0) is 17.7 Å². The number of aromatic nitrogens is 4. The van der Waals surface area contributed by atoms with E-state index in [0.29, 0.717) is 27.8 Å². The number of rotatable bonds is 3. The number of benzene rings is 2. The molecule has 0 saturated heterocycles. The molecule has 0 saturated carbocycles. The summed E-state index contributed by atoms with van der Waals surface area (Å²) in [6.07, 6.45) is -3.83. The molecule has 0 spiro atoms. The van der Waals surface area contributed by atoms with Crippen LogP contribution in [0.15, 0.2) is 54.6 Å². The second-order valence-electron chi connectivity index (χ2n) is 5.46. The van der Waals surface area contributed by atoms with Gasteiger partial charge < -0.3 is 0 Å². The number of halogens is 3. The van der Waals surface area contributed by atoms with Crippen LogP contribution in [0.25, 0.3) is 15.5 Å². The van der Waals surface area contributed by atoms with Gasteiger partial charge in [0.2, 0.25) is 4.96 Å². The van der Waals surface area contributed by atoms with Crippen molar-refractivity contribution in [3.05, 3.63) is 71.5 Å². The first kappa shape index (κ1) is 15.8. The molecule has 0 bridgehead atoms. The van der Waals surface area contributed by atoms with Crippen LogP contribution in [0.4, 0.5) is 13.2 Å². The molecule has 8 heteroatoms. The molecule has 0 N–H and O–H groups in total. The first-order chi connectivity index (χ1) is 12.0. The Morgan fingerprint density at radius 1 is 0.960 bits per heavy atom. The van der Waals surface area contributed by atoms with E-state index in [0.717, 1.165) is 17.7 Å². The summed E-state index contributed by atoms with van der Waals surface area (Å²) in [5.74, 6) is 0.649. The standard InChI is InChI=1S/C17H11F3N4S/c18-17(19,20)13-8-4-7-12(10-13)15-23-24-14(21-22-16(24)25-15)9-11-5-2-1-3-6-11/h1-8,10H,9H2. The van der Waals surface area contributed by atoms with Crippen LogP contribution >= 0.6 is 11.3 Å². The Labute approximate surface area is 144 Å². The third-order valence-corrected chi connectivity index (χ3v) is 4.65. The van der Waals surface area contributed by atoms with Gasteiger partial charge in [-0.1, -0.05) is 53.8 Å². The summed E-state index contributed by atoms with van der Waals surface area (Å²) >= 11 is 1.21. The highest BCUT2D eigenvalue weighted by Gasteiger charge is 2.30. The maximum Gasteiger partial charge on any atom is 0.416 e. The Bertz CT molecular complexity index is 1020. The Morgan fingerprint density at radius 3 is 2.52 bits per heavy atom. The summed E-state index contributed by atoms with van der Waals surface area (Å²) in [7, 11) is 0. The van der Waals surface area contributed by atoms with Gasteiger partial charge in [-0.2, -0.15) is 22.8 Å². The zero-order valence-electron chi connectivity index (χ0n) is 12.7. The second-order valence-corrected chi connectivity index (χ2v) is 6.41. The minimum Gasteiger partial charge on any atom is -0.187 e. The predicted octanol–water partition coefficient (Wildman–Crippen LogP) is 4.46. The van der Waals surface area contributed by atoms with Crippen molar-refractivity contribution >= 4 is 16.3 Å². The fourth-order valence-electron chi connectivity index (χ4n) is 2.49. The highest BCUT2D eigenvalue weighted by Crippen LogP contribution is 2.33. The smallest absolute Gasteiger partial charge is 0.187 e. The normalized spacial score (nSPS) is 12.0. The van der Waals surface area contributed by atoms with Crippen LogP contribution in [0.2, 0.25) is 0 Å². The van der Waals surface area contributed by atoms with Gasteiger partial charge in [0.15, 0.2) is 5.82 Å². The van der Waals surface area contributed by atoms with E-state index in [1.807, 2.05) is 30.3 Å². The topological polar surface area (TPSA) is 43.1 Å². The zero-order valence-corrected chi connectivity index (χ0v) is 13.6. The van der Waals surface area contributed by atoms with Gasteiger partial charge in [0.1, 0.15) is 5.01 Å². The van der Waals surface area contributed by atoms with Crippen LogP contribution in [0.1, 0.15) is 17.0 Å². The fourth-order valence-corrected chi connectivity index (χ4v) is 3.35. The van der Waals surface area contributed by atoms with Gasteiger partial charge in [0.05, 0.1) is 5.56 Å². The van der Waals surface area contributed by atoms with E-state index >= 15 is 0 Å². The van der Waals surface area contributed by atoms with Gasteiger partial charge in [0.25, 0.3) is 0 Å². The Kier molecular flexibility index (Phi) is 3.76. The molecule has 0 radical (unpaired) electrons. The van der Waals surface area contributed by atoms with Crippen molar-refractivity contribution in [3.63, 3.8) is 0 Å². The number of fused-ring (bicyclic) bond motifs is 1. The molecule has 0 aliphatic rings. The summed E-state index contributed by atoms with van der Waals surface area (Å²) in [5, 5.41) is 13.1. The summed E-state index contributed by atoms with van der Waals surface area (Å²) < 4.78 is 40.3. The van der Waals surface area contributed by atoms with Gasteiger partial charge in [-0.3, -0.25) is 0 Å². The minimum absolute atomic E-state index is 0.413. The van der Waals surface area contributed by atoms with E-state index in [1.165, 1.54) is 17.4 Å². The van der Waals surface area contributed by atoms with Crippen LogP contribution in [0, 0.1) is 0 Å². The number of hydrogen-bond acceptors (Lipinski definition) is 4. The first-order valence-electron chi connectivity index (χ1n) is 7.43. The van der Waals surface area contributed by atoms with Gasteiger partial charge >= 0.3 is 6.18 Å². The highest BCUT2D eigenvalue weighted by molar-refractivity contribution is 7.19. The van der Waals surface area contributed by atoms with Crippen molar-refractivity contribution < 1.29 is 13.2 Å². The van der Waals surface area contributed by atoms with Gasteiger partial charge in [-0.15, -0.1) is 10.2 Å². The lowest BCUT2D eigenvalue weighted by Gasteiger charge is -2.06. The summed E-state index contributed by atoms with van der Waals surface area (Å²) in [6.45, 7) is 0. The third-order valence-electron chi connectivity index (χ3n) is 3.70. The van der Waals surface area contributed by atoms with Crippen LogP contribution < -0.4 is 0 Å². The molecule has 2 heterocycles. The predicted molar refractivity (Wildman–Crippen MR) is 88.3 cm³/mol. The van der Waals surface area contributed by atoms with Gasteiger partial charge in [0, 0.05) is 12.0 Å². The van der Waals surface area contributed by atoms with E-state index in [9.17, 15) is 13.2 Å². The SMILES string of the molecule is FC(F)(F)c1cccc(-c2nn3c(Cc4ccccc4)nnc3s2)c1.